The van der Waals surface area contributed by atoms with Gasteiger partial charge >= 0.3 is 0 Å². The highest BCUT2D eigenvalue weighted by Gasteiger charge is 2.10. The lowest BCUT2D eigenvalue weighted by Crippen LogP contribution is -2.14. The van der Waals surface area contributed by atoms with Crippen LogP contribution >= 0.6 is 0 Å². The summed E-state index contributed by atoms with van der Waals surface area (Å²) >= 11 is 0. The largest absolute Gasteiger partial charge is 0.322 e. The van der Waals surface area contributed by atoms with Gasteiger partial charge in [-0.2, -0.15) is 0 Å². The Hall–Kier alpha value is -3.40. The van der Waals surface area contributed by atoms with Crippen LogP contribution in [-0.2, 0) is 0 Å². The number of hydrogen-bond donors (Lipinski definition) is 2. The quantitative estimate of drug-likeness (QED) is 0.714. The highest BCUT2D eigenvalue weighted by Crippen LogP contribution is 2.21. The minimum absolute atomic E-state index is 0.177. The van der Waals surface area contributed by atoms with Crippen molar-refractivity contribution in [3.05, 3.63) is 95.1 Å². The lowest BCUT2D eigenvalue weighted by Gasteiger charge is -2.12. The van der Waals surface area contributed by atoms with Crippen LogP contribution in [0, 0.1) is 13.8 Å². The number of amides is 2. The number of carbonyl (C=O) groups excluding carboxylic acids is 2. The van der Waals surface area contributed by atoms with Crippen molar-refractivity contribution in [2.45, 2.75) is 13.8 Å². The van der Waals surface area contributed by atoms with Gasteiger partial charge in [0.1, 0.15) is 0 Å². The van der Waals surface area contributed by atoms with Gasteiger partial charge in [-0.25, -0.2) is 0 Å². The SMILES string of the molecule is Cc1cccc(C)c1NC(=O)c1ccc(NC(=O)c2ccccc2)cc1. The topological polar surface area (TPSA) is 58.2 Å². The lowest BCUT2D eigenvalue weighted by molar-refractivity contribution is 0.102. The van der Waals surface area contributed by atoms with E-state index in [1.807, 2.05) is 50.2 Å². The van der Waals surface area contributed by atoms with E-state index in [4.69, 9.17) is 0 Å². The van der Waals surface area contributed by atoms with E-state index in [0.717, 1.165) is 16.8 Å². The fourth-order valence-electron chi connectivity index (χ4n) is 2.70. The number of anilines is 2. The van der Waals surface area contributed by atoms with Crippen LogP contribution in [0.1, 0.15) is 31.8 Å². The summed E-state index contributed by atoms with van der Waals surface area (Å²) in [7, 11) is 0. The number of nitrogens with one attached hydrogen (secondary N) is 2. The third-order valence-electron chi connectivity index (χ3n) is 4.16. The first kappa shape index (κ1) is 17.4. The second kappa shape index (κ2) is 7.66. The van der Waals surface area contributed by atoms with Crippen molar-refractivity contribution in [3.8, 4) is 0 Å². The average molecular weight is 344 g/mol. The number of carbonyl (C=O) groups is 2. The van der Waals surface area contributed by atoms with Gasteiger partial charge in [-0.15, -0.1) is 0 Å². The predicted molar refractivity (Wildman–Crippen MR) is 105 cm³/mol. The van der Waals surface area contributed by atoms with E-state index < -0.39 is 0 Å². The van der Waals surface area contributed by atoms with Crippen LogP contribution in [0.15, 0.2) is 72.8 Å². The van der Waals surface area contributed by atoms with E-state index >= 15 is 0 Å². The molecule has 0 saturated carbocycles. The molecule has 0 aromatic heterocycles. The predicted octanol–water partition coefficient (Wildman–Crippen LogP) is 4.81. The summed E-state index contributed by atoms with van der Waals surface area (Å²) in [5, 5.41) is 5.78. The first-order chi connectivity index (χ1) is 12.5. The van der Waals surface area contributed by atoms with Crippen LogP contribution in [0.25, 0.3) is 0 Å². The van der Waals surface area contributed by atoms with Crippen molar-refractivity contribution in [3.63, 3.8) is 0 Å². The molecule has 3 aromatic rings. The maximum absolute atomic E-state index is 12.5. The van der Waals surface area contributed by atoms with E-state index in [0.29, 0.717) is 16.8 Å². The number of aryl methyl sites for hydroxylation is 2. The molecule has 130 valence electrons. The fraction of sp³-hybridized carbons (Fsp3) is 0.0909. The van der Waals surface area contributed by atoms with Crippen LogP contribution in [0.5, 0.6) is 0 Å². The Morgan fingerprint density at radius 3 is 1.77 bits per heavy atom. The molecular weight excluding hydrogens is 324 g/mol. The number of benzene rings is 3. The molecule has 0 heterocycles. The van der Waals surface area contributed by atoms with Crippen LogP contribution in [-0.4, -0.2) is 11.8 Å². The summed E-state index contributed by atoms with van der Waals surface area (Å²) in [5.74, 6) is -0.360. The molecule has 0 aliphatic heterocycles. The van der Waals surface area contributed by atoms with Gasteiger partial charge in [-0.3, -0.25) is 9.59 Å². The van der Waals surface area contributed by atoms with Gasteiger partial charge in [0, 0.05) is 22.5 Å². The summed E-state index contributed by atoms with van der Waals surface area (Å²) in [6, 6.07) is 21.7. The zero-order valence-electron chi connectivity index (χ0n) is 14.7. The molecule has 0 aliphatic rings. The van der Waals surface area contributed by atoms with Crippen molar-refractivity contribution >= 4 is 23.2 Å². The molecule has 0 fully saturated rings. The normalized spacial score (nSPS) is 10.2. The lowest BCUT2D eigenvalue weighted by atomic mass is 10.1. The molecule has 4 nitrogen and oxygen atoms in total. The van der Waals surface area contributed by atoms with Crippen LogP contribution in [0.2, 0.25) is 0 Å². The second-order valence-corrected chi connectivity index (χ2v) is 6.12. The Morgan fingerprint density at radius 2 is 1.15 bits per heavy atom. The third-order valence-corrected chi connectivity index (χ3v) is 4.16. The van der Waals surface area contributed by atoms with Gasteiger partial charge in [0.05, 0.1) is 0 Å². The van der Waals surface area contributed by atoms with Gasteiger partial charge in [0.2, 0.25) is 0 Å². The fourth-order valence-corrected chi connectivity index (χ4v) is 2.70. The molecule has 0 bridgehead atoms. The Bertz CT molecular complexity index is 912. The minimum Gasteiger partial charge on any atom is -0.322 e. The highest BCUT2D eigenvalue weighted by molar-refractivity contribution is 6.06. The highest BCUT2D eigenvalue weighted by atomic mass is 16.2. The first-order valence-corrected chi connectivity index (χ1v) is 8.38. The molecule has 0 atom stereocenters. The Balaban J connectivity index is 1.69. The van der Waals surface area contributed by atoms with Crippen molar-refractivity contribution in [2.24, 2.45) is 0 Å². The van der Waals surface area contributed by atoms with Crippen molar-refractivity contribution in [2.75, 3.05) is 10.6 Å². The summed E-state index contributed by atoms with van der Waals surface area (Å²) in [6.45, 7) is 3.93. The van der Waals surface area contributed by atoms with E-state index in [-0.39, 0.29) is 11.8 Å². The maximum Gasteiger partial charge on any atom is 0.255 e. The first-order valence-electron chi connectivity index (χ1n) is 8.38. The summed E-state index contributed by atoms with van der Waals surface area (Å²) < 4.78 is 0. The molecule has 3 aromatic carbocycles. The van der Waals surface area contributed by atoms with E-state index in [1.165, 1.54) is 0 Å². The Labute approximate surface area is 152 Å². The van der Waals surface area contributed by atoms with Crippen molar-refractivity contribution in [1.82, 2.24) is 0 Å². The molecule has 0 unspecified atom stereocenters. The molecule has 2 amide bonds. The number of rotatable bonds is 4. The minimum atomic E-state index is -0.182. The van der Waals surface area contributed by atoms with Gasteiger partial charge in [0.25, 0.3) is 11.8 Å². The van der Waals surface area contributed by atoms with Crippen LogP contribution in [0.3, 0.4) is 0 Å². The van der Waals surface area contributed by atoms with Crippen LogP contribution < -0.4 is 10.6 Å². The number of para-hydroxylation sites is 1. The molecule has 0 saturated heterocycles. The zero-order chi connectivity index (χ0) is 18.5. The van der Waals surface area contributed by atoms with Gasteiger partial charge in [-0.1, -0.05) is 36.4 Å². The maximum atomic E-state index is 12.5. The number of hydrogen-bond acceptors (Lipinski definition) is 2. The van der Waals surface area contributed by atoms with E-state index in [1.54, 1.807) is 36.4 Å². The van der Waals surface area contributed by atoms with E-state index in [2.05, 4.69) is 10.6 Å². The molecule has 3 rings (SSSR count). The smallest absolute Gasteiger partial charge is 0.255 e. The standard InChI is InChI=1S/C22H20N2O2/c1-15-7-6-8-16(2)20(15)24-22(26)18-11-13-19(14-12-18)23-21(25)17-9-4-3-5-10-17/h3-14H,1-2H3,(H,23,25)(H,24,26). The monoisotopic (exact) mass is 344 g/mol. The van der Waals surface area contributed by atoms with Gasteiger partial charge < -0.3 is 10.6 Å². The van der Waals surface area contributed by atoms with Gasteiger partial charge in [-0.05, 0) is 61.4 Å². The second-order valence-electron chi connectivity index (χ2n) is 6.12. The Morgan fingerprint density at radius 1 is 0.615 bits per heavy atom. The van der Waals surface area contributed by atoms with Gasteiger partial charge in [0.15, 0.2) is 0 Å². The molecule has 0 spiro atoms. The summed E-state index contributed by atoms with van der Waals surface area (Å²) in [4.78, 5) is 24.6. The molecule has 26 heavy (non-hydrogen) atoms. The van der Waals surface area contributed by atoms with Crippen LogP contribution in [0.4, 0.5) is 11.4 Å². The van der Waals surface area contributed by atoms with Crippen molar-refractivity contribution in [1.29, 1.82) is 0 Å². The average Bonchev–Trinajstić information content (AvgIpc) is 2.66. The molecule has 4 heteroatoms. The zero-order valence-corrected chi connectivity index (χ0v) is 14.7. The summed E-state index contributed by atoms with van der Waals surface area (Å²) in [6.07, 6.45) is 0. The summed E-state index contributed by atoms with van der Waals surface area (Å²) in [5.41, 5.74) is 4.63. The third kappa shape index (κ3) is 3.98. The molecular formula is C22H20N2O2. The van der Waals surface area contributed by atoms with E-state index in [9.17, 15) is 9.59 Å². The molecule has 2 N–H and O–H groups in total. The van der Waals surface area contributed by atoms with Crippen molar-refractivity contribution < 1.29 is 9.59 Å². The molecule has 0 aliphatic carbocycles. The molecule has 0 radical (unpaired) electrons. The Kier molecular flexibility index (Phi) is 5.13.